The number of amidine groups is 1. The molecule has 28 heavy (non-hydrogen) atoms. The second kappa shape index (κ2) is 8.91. The van der Waals surface area contributed by atoms with Crippen LogP contribution in [0.5, 0.6) is 0 Å². The number of oxime groups is 1. The van der Waals surface area contributed by atoms with Crippen molar-refractivity contribution < 1.29 is 27.2 Å². The first kappa shape index (κ1) is 21.5. The molecule has 0 radical (unpaired) electrons. The zero-order valence-electron chi connectivity index (χ0n) is 14.8. The van der Waals surface area contributed by atoms with Crippen LogP contribution in [0.1, 0.15) is 24.1 Å². The van der Waals surface area contributed by atoms with Crippen molar-refractivity contribution in [2.24, 2.45) is 5.16 Å². The highest BCUT2D eigenvalue weighted by atomic mass is 32.2. The molecule has 0 aliphatic carbocycles. The van der Waals surface area contributed by atoms with Crippen LogP contribution < -0.4 is 10.6 Å². The zero-order valence-corrected chi connectivity index (χ0v) is 15.6. The van der Waals surface area contributed by atoms with Gasteiger partial charge in [-0.05, 0) is 41.4 Å². The summed E-state index contributed by atoms with van der Waals surface area (Å²) in [7, 11) is -2.55. The molecule has 0 spiro atoms. The lowest BCUT2D eigenvalue weighted by Gasteiger charge is -2.11. The fraction of sp³-hybridized carbons (Fsp3) is 0.400. The van der Waals surface area contributed by atoms with Crippen molar-refractivity contribution in [1.29, 1.82) is 4.78 Å². The molecule has 2 aromatic rings. The lowest BCUT2D eigenvalue weighted by Crippen LogP contribution is -2.17. The van der Waals surface area contributed by atoms with Crippen molar-refractivity contribution >= 4 is 27.1 Å². The molecule has 0 bridgehead atoms. The van der Waals surface area contributed by atoms with Crippen LogP contribution in [0.25, 0.3) is 0 Å². The molecule has 0 saturated carbocycles. The van der Waals surface area contributed by atoms with Gasteiger partial charge < -0.3 is 15.8 Å². The summed E-state index contributed by atoms with van der Waals surface area (Å²) in [6.07, 6.45) is -2.01. The summed E-state index contributed by atoms with van der Waals surface area (Å²) >= 11 is 0. The number of nitrogens with zero attached hydrogens (tertiary/aromatic N) is 3. The fourth-order valence-electron chi connectivity index (χ4n) is 2.21. The zero-order chi connectivity index (χ0) is 20.8. The predicted octanol–water partition coefficient (Wildman–Crippen LogP) is 3.20. The molecule has 1 unspecified atom stereocenters. The summed E-state index contributed by atoms with van der Waals surface area (Å²) in [6, 6.07) is 4.34. The first-order valence-corrected chi connectivity index (χ1v) is 10.2. The summed E-state index contributed by atoms with van der Waals surface area (Å²) in [6.45, 7) is 0.388. The van der Waals surface area contributed by atoms with Gasteiger partial charge in [-0.25, -0.2) is 4.63 Å². The van der Waals surface area contributed by atoms with Crippen LogP contribution >= 0.6 is 0 Å². The Bertz CT molecular complexity index is 927. The first-order chi connectivity index (χ1) is 13.1. The minimum absolute atomic E-state index is 0.0281. The maximum absolute atomic E-state index is 12.8. The molecule has 1 aromatic carbocycles. The van der Waals surface area contributed by atoms with Gasteiger partial charge in [0.05, 0.1) is 5.56 Å². The highest BCUT2D eigenvalue weighted by Crippen LogP contribution is 2.30. The molecule has 2 rings (SSSR count). The quantitative estimate of drug-likeness (QED) is 0.169. The number of rotatable bonds is 8. The number of benzene rings is 1. The van der Waals surface area contributed by atoms with Crippen LogP contribution in [-0.4, -0.2) is 44.1 Å². The standard InChI is InChI=1S/C15H19F3N6O3S/c1-28(19,26)8-3-2-7-20-13-12(23-27-24-13)14(22-25)21-11-6-4-5-10(9-11)15(16,17)18/h4-6,9,19,25H,2-3,7-8H2,1H3,(H,20,24)(H,21,22). The largest absolute Gasteiger partial charge is 0.416 e. The SMILES string of the molecule is CS(=N)(=O)CCCCNc1nonc1/C(=N/O)Nc1cccc(C(F)(F)F)c1. The van der Waals surface area contributed by atoms with Gasteiger partial charge in [0, 0.05) is 34.0 Å². The molecule has 0 aliphatic heterocycles. The van der Waals surface area contributed by atoms with E-state index in [4.69, 9.17) is 4.78 Å². The van der Waals surface area contributed by atoms with Crippen LogP contribution in [0.2, 0.25) is 0 Å². The lowest BCUT2D eigenvalue weighted by molar-refractivity contribution is -0.137. The topological polar surface area (TPSA) is 136 Å². The van der Waals surface area contributed by atoms with Gasteiger partial charge >= 0.3 is 6.18 Å². The molecule has 0 saturated heterocycles. The minimum atomic E-state index is -4.52. The van der Waals surface area contributed by atoms with E-state index in [1.54, 1.807) is 0 Å². The number of nitrogens with one attached hydrogen (secondary N) is 3. The number of anilines is 2. The Morgan fingerprint density at radius 3 is 2.75 bits per heavy atom. The summed E-state index contributed by atoms with van der Waals surface area (Å²) in [5.41, 5.74) is -0.863. The molecule has 0 fully saturated rings. The van der Waals surface area contributed by atoms with Gasteiger partial charge in [-0.3, -0.25) is 8.99 Å². The summed E-state index contributed by atoms with van der Waals surface area (Å²) in [5, 5.41) is 24.9. The summed E-state index contributed by atoms with van der Waals surface area (Å²) in [4.78, 5) is 0. The minimum Gasteiger partial charge on any atom is -0.409 e. The molecule has 154 valence electrons. The third kappa shape index (κ3) is 6.40. The van der Waals surface area contributed by atoms with Crippen molar-refractivity contribution in [2.75, 3.05) is 29.2 Å². The molecular formula is C15H19F3N6O3S. The van der Waals surface area contributed by atoms with Crippen molar-refractivity contribution in [2.45, 2.75) is 19.0 Å². The van der Waals surface area contributed by atoms with E-state index in [1.165, 1.54) is 18.4 Å². The van der Waals surface area contributed by atoms with E-state index in [2.05, 4.69) is 30.7 Å². The van der Waals surface area contributed by atoms with Crippen LogP contribution in [0, 0.1) is 4.78 Å². The van der Waals surface area contributed by atoms with E-state index in [9.17, 15) is 22.6 Å². The molecule has 4 N–H and O–H groups in total. The molecular weight excluding hydrogens is 401 g/mol. The third-order valence-corrected chi connectivity index (χ3v) is 4.59. The maximum atomic E-state index is 12.8. The van der Waals surface area contributed by atoms with Crippen LogP contribution in [0.3, 0.4) is 0 Å². The Hall–Kier alpha value is -2.83. The Balaban J connectivity index is 2.03. The van der Waals surface area contributed by atoms with E-state index in [-0.39, 0.29) is 28.8 Å². The molecule has 1 heterocycles. The Morgan fingerprint density at radius 1 is 1.36 bits per heavy atom. The molecule has 1 aromatic heterocycles. The number of hydrogen-bond acceptors (Lipinski definition) is 8. The average Bonchev–Trinajstić information content (AvgIpc) is 3.06. The predicted molar refractivity (Wildman–Crippen MR) is 97.1 cm³/mol. The molecule has 0 amide bonds. The van der Waals surface area contributed by atoms with E-state index < -0.39 is 21.5 Å². The molecule has 9 nitrogen and oxygen atoms in total. The number of alkyl halides is 3. The van der Waals surface area contributed by atoms with Gasteiger partial charge in [0.1, 0.15) is 0 Å². The van der Waals surface area contributed by atoms with Crippen molar-refractivity contribution in [3.63, 3.8) is 0 Å². The van der Waals surface area contributed by atoms with Gasteiger partial charge in [0.2, 0.25) is 11.7 Å². The molecule has 0 aliphatic rings. The van der Waals surface area contributed by atoms with Crippen LogP contribution in [0.4, 0.5) is 24.7 Å². The van der Waals surface area contributed by atoms with Crippen molar-refractivity contribution in [1.82, 2.24) is 10.3 Å². The number of unbranched alkanes of at least 4 members (excludes halogenated alkanes) is 1. The van der Waals surface area contributed by atoms with E-state index in [0.29, 0.717) is 19.4 Å². The highest BCUT2D eigenvalue weighted by Gasteiger charge is 2.30. The van der Waals surface area contributed by atoms with Crippen molar-refractivity contribution in [3.8, 4) is 0 Å². The van der Waals surface area contributed by atoms with Gasteiger partial charge in [-0.15, -0.1) is 0 Å². The normalized spacial score (nSPS) is 14.5. The number of aromatic nitrogens is 2. The smallest absolute Gasteiger partial charge is 0.409 e. The van der Waals surface area contributed by atoms with Crippen LogP contribution in [0.15, 0.2) is 34.1 Å². The van der Waals surface area contributed by atoms with Crippen molar-refractivity contribution in [3.05, 3.63) is 35.5 Å². The number of hydrogen-bond donors (Lipinski definition) is 4. The first-order valence-electron chi connectivity index (χ1n) is 8.05. The lowest BCUT2D eigenvalue weighted by atomic mass is 10.2. The maximum Gasteiger partial charge on any atom is 0.416 e. The van der Waals surface area contributed by atoms with Gasteiger partial charge in [-0.1, -0.05) is 11.2 Å². The summed E-state index contributed by atoms with van der Waals surface area (Å²) in [5.74, 6) is 0.125. The Morgan fingerprint density at radius 2 is 2.11 bits per heavy atom. The average molecular weight is 420 g/mol. The van der Waals surface area contributed by atoms with Gasteiger partial charge in [0.25, 0.3) is 0 Å². The second-order valence-corrected chi connectivity index (χ2v) is 8.37. The Kier molecular flexibility index (Phi) is 6.83. The fourth-order valence-corrected chi connectivity index (χ4v) is 2.97. The molecule has 13 heteroatoms. The summed E-state index contributed by atoms with van der Waals surface area (Å²) < 4.78 is 61.7. The van der Waals surface area contributed by atoms with E-state index in [0.717, 1.165) is 12.1 Å². The van der Waals surface area contributed by atoms with Gasteiger partial charge in [-0.2, -0.15) is 13.2 Å². The second-order valence-electron chi connectivity index (χ2n) is 5.96. The Labute approximate surface area is 158 Å². The third-order valence-electron chi connectivity index (χ3n) is 3.52. The van der Waals surface area contributed by atoms with Gasteiger partial charge in [0.15, 0.2) is 5.69 Å². The number of halogens is 3. The van der Waals surface area contributed by atoms with E-state index >= 15 is 0 Å². The van der Waals surface area contributed by atoms with E-state index in [1.807, 2.05) is 0 Å². The van der Waals surface area contributed by atoms with Crippen LogP contribution in [-0.2, 0) is 15.9 Å². The molecule has 1 atom stereocenters. The highest BCUT2D eigenvalue weighted by molar-refractivity contribution is 7.91. The monoisotopic (exact) mass is 420 g/mol.